The third-order valence-electron chi connectivity index (χ3n) is 4.65. The topological polar surface area (TPSA) is 60.7 Å². The monoisotopic (exact) mass is 330 g/mol. The molecule has 0 aromatic carbocycles. The van der Waals surface area contributed by atoms with Gasteiger partial charge in [0.2, 0.25) is 0 Å². The largest absolute Gasteiger partial charge is 0.396 e. The Balaban J connectivity index is 3.35. The van der Waals surface area contributed by atoms with Crippen LogP contribution in [0.1, 0.15) is 111 Å². The zero-order chi connectivity index (χ0) is 17.6. The summed E-state index contributed by atoms with van der Waals surface area (Å²) in [5.74, 6) is 0. The fourth-order valence-corrected chi connectivity index (χ4v) is 2.91. The fourth-order valence-electron chi connectivity index (χ4n) is 2.91. The first-order chi connectivity index (χ1) is 10.8. The summed E-state index contributed by atoms with van der Waals surface area (Å²) < 4.78 is 0. The van der Waals surface area contributed by atoms with E-state index in [1.54, 1.807) is 13.8 Å². The molecule has 3 heteroatoms. The van der Waals surface area contributed by atoms with Crippen LogP contribution in [0.5, 0.6) is 0 Å². The summed E-state index contributed by atoms with van der Waals surface area (Å²) in [6.07, 6.45) is 15.7. The smallest absolute Gasteiger partial charge is 0.0620 e. The highest BCUT2D eigenvalue weighted by Crippen LogP contribution is 2.24. The van der Waals surface area contributed by atoms with Crippen LogP contribution in [0.25, 0.3) is 0 Å². The summed E-state index contributed by atoms with van der Waals surface area (Å²) in [5.41, 5.74) is -1.31. The second-order valence-electron chi connectivity index (χ2n) is 8.17. The van der Waals surface area contributed by atoms with Crippen molar-refractivity contribution in [2.24, 2.45) is 0 Å². The van der Waals surface area contributed by atoms with Crippen molar-refractivity contribution in [1.82, 2.24) is 0 Å². The first-order valence-electron chi connectivity index (χ1n) is 9.82. The molecule has 0 aliphatic rings. The standard InChI is InChI=1S/C20H42O3/c1-19(2,22)16-17-20(3,23)15-13-11-9-7-5-4-6-8-10-12-14-18-21/h21-23H,4-18H2,1-3H3. The van der Waals surface area contributed by atoms with Gasteiger partial charge in [-0.2, -0.15) is 0 Å². The molecule has 0 fully saturated rings. The van der Waals surface area contributed by atoms with E-state index in [9.17, 15) is 10.2 Å². The molecule has 3 nitrogen and oxygen atoms in total. The summed E-state index contributed by atoms with van der Waals surface area (Å²) in [7, 11) is 0. The molecule has 0 saturated carbocycles. The van der Waals surface area contributed by atoms with E-state index in [-0.39, 0.29) is 0 Å². The van der Waals surface area contributed by atoms with Crippen LogP contribution in [0.4, 0.5) is 0 Å². The van der Waals surface area contributed by atoms with Crippen LogP contribution in [-0.4, -0.2) is 33.1 Å². The first-order valence-corrected chi connectivity index (χ1v) is 9.82. The highest BCUT2D eigenvalue weighted by atomic mass is 16.3. The average molecular weight is 331 g/mol. The minimum atomic E-state index is -0.678. The first kappa shape index (κ1) is 22.9. The molecule has 0 radical (unpaired) electrons. The minimum absolute atomic E-state index is 0.338. The van der Waals surface area contributed by atoms with E-state index in [4.69, 9.17) is 5.11 Å². The lowest BCUT2D eigenvalue weighted by atomic mass is 9.88. The molecule has 3 N–H and O–H groups in total. The summed E-state index contributed by atoms with van der Waals surface area (Å²) in [6.45, 7) is 5.84. The van der Waals surface area contributed by atoms with E-state index in [2.05, 4.69) is 0 Å². The summed E-state index contributed by atoms with van der Waals surface area (Å²) >= 11 is 0. The molecule has 0 aromatic rings. The van der Waals surface area contributed by atoms with Crippen LogP contribution in [0, 0.1) is 0 Å². The van der Waals surface area contributed by atoms with Gasteiger partial charge in [0.1, 0.15) is 0 Å². The Morgan fingerprint density at radius 2 is 0.913 bits per heavy atom. The van der Waals surface area contributed by atoms with E-state index >= 15 is 0 Å². The molecule has 0 rings (SSSR count). The van der Waals surface area contributed by atoms with Crippen molar-refractivity contribution >= 4 is 0 Å². The molecule has 0 aliphatic heterocycles. The van der Waals surface area contributed by atoms with Crippen LogP contribution in [0.3, 0.4) is 0 Å². The van der Waals surface area contributed by atoms with Crippen LogP contribution in [0.15, 0.2) is 0 Å². The average Bonchev–Trinajstić information content (AvgIpc) is 2.46. The zero-order valence-corrected chi connectivity index (χ0v) is 15.9. The van der Waals surface area contributed by atoms with Gasteiger partial charge in [0, 0.05) is 6.61 Å². The Hall–Kier alpha value is -0.120. The molecular formula is C20H42O3. The van der Waals surface area contributed by atoms with Gasteiger partial charge in [-0.15, -0.1) is 0 Å². The normalized spacial score (nSPS) is 14.9. The molecule has 0 bridgehead atoms. The number of unbranched alkanes of at least 4 members (excludes halogenated alkanes) is 10. The lowest BCUT2D eigenvalue weighted by Crippen LogP contribution is -2.29. The molecule has 0 aliphatic carbocycles. The molecule has 0 amide bonds. The van der Waals surface area contributed by atoms with Gasteiger partial charge in [-0.3, -0.25) is 0 Å². The van der Waals surface area contributed by atoms with Gasteiger partial charge in [-0.1, -0.05) is 64.2 Å². The lowest BCUT2D eigenvalue weighted by molar-refractivity contribution is -0.000182. The zero-order valence-electron chi connectivity index (χ0n) is 15.9. The third kappa shape index (κ3) is 18.1. The van der Waals surface area contributed by atoms with Gasteiger partial charge >= 0.3 is 0 Å². The number of rotatable bonds is 16. The summed E-state index contributed by atoms with van der Waals surface area (Å²) in [6, 6.07) is 0. The summed E-state index contributed by atoms with van der Waals surface area (Å²) in [4.78, 5) is 0. The molecule has 0 saturated heterocycles. The Morgan fingerprint density at radius 1 is 0.522 bits per heavy atom. The van der Waals surface area contributed by atoms with Gasteiger partial charge in [-0.25, -0.2) is 0 Å². The number of hydrogen-bond donors (Lipinski definition) is 3. The highest BCUT2D eigenvalue weighted by Gasteiger charge is 2.23. The van der Waals surface area contributed by atoms with Gasteiger partial charge in [0.15, 0.2) is 0 Å². The van der Waals surface area contributed by atoms with Gasteiger partial charge in [0.25, 0.3) is 0 Å². The fraction of sp³-hybridized carbons (Fsp3) is 1.00. The Kier molecular flexibility index (Phi) is 13.1. The van der Waals surface area contributed by atoms with Gasteiger partial charge < -0.3 is 15.3 Å². The van der Waals surface area contributed by atoms with Crippen molar-refractivity contribution in [3.8, 4) is 0 Å². The van der Waals surface area contributed by atoms with Gasteiger partial charge in [-0.05, 0) is 46.5 Å². The van der Waals surface area contributed by atoms with Crippen molar-refractivity contribution in [3.63, 3.8) is 0 Å². The Labute approximate surface area is 144 Å². The van der Waals surface area contributed by atoms with E-state index in [0.29, 0.717) is 19.4 Å². The van der Waals surface area contributed by atoms with Crippen LogP contribution in [0.2, 0.25) is 0 Å². The van der Waals surface area contributed by atoms with Crippen molar-refractivity contribution in [1.29, 1.82) is 0 Å². The van der Waals surface area contributed by atoms with Crippen molar-refractivity contribution in [2.75, 3.05) is 6.61 Å². The second-order valence-corrected chi connectivity index (χ2v) is 8.17. The predicted molar refractivity (Wildman–Crippen MR) is 98.6 cm³/mol. The molecule has 0 heterocycles. The number of hydrogen-bond acceptors (Lipinski definition) is 3. The van der Waals surface area contributed by atoms with E-state index in [1.165, 1.54) is 57.8 Å². The summed E-state index contributed by atoms with van der Waals surface area (Å²) in [5, 5.41) is 28.7. The maximum Gasteiger partial charge on any atom is 0.0620 e. The van der Waals surface area contributed by atoms with Crippen molar-refractivity contribution < 1.29 is 15.3 Å². The quantitative estimate of drug-likeness (QED) is 0.350. The minimum Gasteiger partial charge on any atom is -0.396 e. The Bertz CT molecular complexity index is 256. The molecule has 23 heavy (non-hydrogen) atoms. The van der Waals surface area contributed by atoms with E-state index in [0.717, 1.165) is 19.3 Å². The van der Waals surface area contributed by atoms with Crippen LogP contribution >= 0.6 is 0 Å². The second kappa shape index (κ2) is 13.2. The predicted octanol–water partition coefficient (Wildman–Crippen LogP) is 4.96. The number of aliphatic hydroxyl groups is 3. The van der Waals surface area contributed by atoms with Crippen molar-refractivity contribution in [2.45, 2.75) is 122 Å². The lowest BCUT2D eigenvalue weighted by Gasteiger charge is -2.27. The van der Waals surface area contributed by atoms with Gasteiger partial charge in [0.05, 0.1) is 11.2 Å². The molecule has 1 unspecified atom stereocenters. The third-order valence-corrected chi connectivity index (χ3v) is 4.65. The maximum atomic E-state index is 10.3. The van der Waals surface area contributed by atoms with Crippen LogP contribution in [-0.2, 0) is 0 Å². The van der Waals surface area contributed by atoms with E-state index < -0.39 is 11.2 Å². The van der Waals surface area contributed by atoms with Crippen LogP contribution < -0.4 is 0 Å². The maximum absolute atomic E-state index is 10.3. The molecule has 1 atom stereocenters. The SMILES string of the molecule is CC(C)(O)CCC(C)(O)CCCCCCCCCCCCCO. The van der Waals surface area contributed by atoms with Crippen molar-refractivity contribution in [3.05, 3.63) is 0 Å². The molecule has 0 aromatic heterocycles. The Morgan fingerprint density at radius 3 is 1.30 bits per heavy atom. The highest BCUT2D eigenvalue weighted by molar-refractivity contribution is 4.77. The van der Waals surface area contributed by atoms with E-state index in [1.807, 2.05) is 6.92 Å². The molecule has 0 spiro atoms. The molecule has 140 valence electrons. The molecular weight excluding hydrogens is 288 g/mol. The number of aliphatic hydroxyl groups excluding tert-OH is 1.